The summed E-state index contributed by atoms with van der Waals surface area (Å²) < 4.78 is 59.6. The van der Waals surface area contributed by atoms with Crippen molar-refractivity contribution in [2.45, 2.75) is 30.9 Å². The lowest BCUT2D eigenvalue weighted by molar-refractivity contribution is 0.0905. The van der Waals surface area contributed by atoms with E-state index in [4.69, 9.17) is 4.74 Å². The quantitative estimate of drug-likeness (QED) is 0.620. The highest BCUT2D eigenvalue weighted by Gasteiger charge is 2.38. The lowest BCUT2D eigenvalue weighted by Crippen LogP contribution is -2.50. The molecule has 0 bridgehead atoms. The average Bonchev–Trinajstić information content (AvgIpc) is 2.79. The van der Waals surface area contributed by atoms with Crippen LogP contribution in [0.2, 0.25) is 0 Å². The molecule has 1 N–H and O–H groups in total. The van der Waals surface area contributed by atoms with Gasteiger partial charge in [-0.1, -0.05) is 37.0 Å². The lowest BCUT2D eigenvalue weighted by atomic mass is 10.0. The highest BCUT2D eigenvalue weighted by atomic mass is 32.2. The van der Waals surface area contributed by atoms with E-state index in [9.17, 15) is 21.9 Å². The maximum absolute atomic E-state index is 13.5. The molecule has 34 heavy (non-hydrogen) atoms. The Kier molecular flexibility index (Phi) is 8.06. The molecule has 2 aromatic carbocycles. The highest BCUT2D eigenvalue weighted by Crippen LogP contribution is 2.34. The van der Waals surface area contributed by atoms with Crippen LogP contribution in [0.1, 0.15) is 25.0 Å². The van der Waals surface area contributed by atoms with Crippen molar-refractivity contribution in [3.63, 3.8) is 0 Å². The van der Waals surface area contributed by atoms with Gasteiger partial charge >= 0.3 is 0 Å². The molecule has 0 saturated heterocycles. The third-order valence-corrected chi connectivity index (χ3v) is 9.10. The topological polar surface area (TPSA) is 104 Å². The Hall–Kier alpha value is -2.42. The minimum atomic E-state index is -3.98. The summed E-state index contributed by atoms with van der Waals surface area (Å²) in [6.45, 7) is 3.19. The summed E-state index contributed by atoms with van der Waals surface area (Å²) in [5.41, 5.74) is 1.37. The number of hydrogen-bond donors (Lipinski definition) is 1. The van der Waals surface area contributed by atoms with Gasteiger partial charge in [0.25, 0.3) is 0 Å². The van der Waals surface area contributed by atoms with Crippen LogP contribution in [-0.2, 0) is 20.0 Å². The van der Waals surface area contributed by atoms with Crippen molar-refractivity contribution < 1.29 is 26.7 Å². The van der Waals surface area contributed by atoms with Crippen LogP contribution in [0, 0.1) is 17.8 Å². The summed E-state index contributed by atoms with van der Waals surface area (Å²) in [5, 5.41) is 9.71. The van der Waals surface area contributed by atoms with Crippen LogP contribution < -0.4 is 4.74 Å². The first-order valence-electron chi connectivity index (χ1n) is 10.8. The monoisotopic (exact) mass is 506 g/mol. The van der Waals surface area contributed by atoms with Crippen molar-refractivity contribution >= 4 is 20.0 Å². The molecular weight excluding hydrogens is 476 g/mol. The molecule has 0 aliphatic carbocycles. The molecule has 0 fully saturated rings. The van der Waals surface area contributed by atoms with E-state index in [2.05, 4.69) is 11.8 Å². The molecule has 184 valence electrons. The fourth-order valence-electron chi connectivity index (χ4n) is 3.58. The summed E-state index contributed by atoms with van der Waals surface area (Å²) in [5.74, 6) is 5.81. The molecule has 0 amide bonds. The molecule has 0 spiro atoms. The Balaban J connectivity index is 2.09. The largest absolute Gasteiger partial charge is 0.487 e. The molecule has 0 saturated carbocycles. The second-order valence-electron chi connectivity index (χ2n) is 8.56. The maximum atomic E-state index is 13.5. The fraction of sp³-hybridized carbons (Fsp3) is 0.417. The van der Waals surface area contributed by atoms with E-state index in [1.807, 2.05) is 30.3 Å². The van der Waals surface area contributed by atoms with Gasteiger partial charge in [0.05, 0.1) is 19.4 Å². The van der Waals surface area contributed by atoms with Gasteiger partial charge in [0.2, 0.25) is 20.0 Å². The van der Waals surface area contributed by atoms with Crippen LogP contribution in [0.15, 0.2) is 53.4 Å². The first-order valence-corrected chi connectivity index (χ1v) is 14.1. The van der Waals surface area contributed by atoms with Crippen LogP contribution in [0.3, 0.4) is 0 Å². The third kappa shape index (κ3) is 5.98. The molecular formula is C24H30N2O6S2. The predicted molar refractivity (Wildman–Crippen MR) is 130 cm³/mol. The Morgan fingerprint density at radius 1 is 1.18 bits per heavy atom. The van der Waals surface area contributed by atoms with Crippen LogP contribution in [0.4, 0.5) is 0 Å². The summed E-state index contributed by atoms with van der Waals surface area (Å²) in [6, 6.07) is 13.3. The number of benzene rings is 2. The Labute approximate surface area is 202 Å². The summed E-state index contributed by atoms with van der Waals surface area (Å²) in [4.78, 5) is -0.0445. The summed E-state index contributed by atoms with van der Waals surface area (Å²) in [6.07, 6.45) is 0.482. The minimum Gasteiger partial charge on any atom is -0.487 e. The van der Waals surface area contributed by atoms with Gasteiger partial charge in [0.15, 0.2) is 0 Å². The van der Waals surface area contributed by atoms with E-state index < -0.39 is 32.2 Å². The first-order chi connectivity index (χ1) is 15.9. The minimum absolute atomic E-state index is 0.0424. The van der Waals surface area contributed by atoms with Crippen molar-refractivity contribution in [1.29, 1.82) is 0 Å². The van der Waals surface area contributed by atoms with Crippen molar-refractivity contribution in [1.82, 2.24) is 8.61 Å². The molecule has 2 aromatic rings. The lowest BCUT2D eigenvalue weighted by Gasteiger charge is -2.37. The number of sulfonamides is 2. The van der Waals surface area contributed by atoms with Crippen LogP contribution in [0.5, 0.6) is 5.75 Å². The Morgan fingerprint density at radius 3 is 2.44 bits per heavy atom. The number of ether oxygens (including phenoxy) is 1. The molecule has 3 atom stereocenters. The molecule has 0 unspecified atom stereocenters. The highest BCUT2D eigenvalue weighted by molar-refractivity contribution is 7.89. The van der Waals surface area contributed by atoms with Crippen molar-refractivity contribution in [2.24, 2.45) is 5.92 Å². The zero-order chi connectivity index (χ0) is 25.1. The number of aliphatic hydroxyl groups excluding tert-OH is 1. The number of likely N-dealkylation sites (N-methyl/N-ethyl adjacent to an activating group) is 1. The van der Waals surface area contributed by atoms with Crippen molar-refractivity contribution in [3.8, 4) is 17.6 Å². The second-order valence-corrected chi connectivity index (χ2v) is 12.5. The van der Waals surface area contributed by atoms with Gasteiger partial charge in [-0.3, -0.25) is 0 Å². The number of hydrogen-bond acceptors (Lipinski definition) is 6. The molecule has 8 nitrogen and oxygen atoms in total. The SMILES string of the molecule is C[C@H]1CN([C@@H](C)CO)S(=O)(=O)c2ccc(C#Cc3ccccc3)cc2O[C@@H]1CN(C)S(C)(=O)=O. The normalized spacial score (nSPS) is 21.4. The first kappa shape index (κ1) is 26.2. The van der Waals surface area contributed by atoms with E-state index in [1.54, 1.807) is 26.0 Å². The summed E-state index contributed by atoms with van der Waals surface area (Å²) >= 11 is 0. The molecule has 3 rings (SSSR count). The average molecular weight is 507 g/mol. The van der Waals surface area contributed by atoms with Gasteiger partial charge in [-0.25, -0.2) is 21.1 Å². The van der Waals surface area contributed by atoms with Gasteiger partial charge in [-0.15, -0.1) is 0 Å². The standard InChI is InChI=1S/C24H30N2O6S2/c1-18-15-26(19(2)17-27)34(30,31)24-13-12-21(11-10-20-8-6-5-7-9-20)14-22(24)32-23(18)16-25(3)33(4,28)29/h5-9,12-14,18-19,23,27H,15-17H2,1-4H3/t18-,19-,23+/m0/s1. The Bertz CT molecular complexity index is 1280. The number of aliphatic hydroxyl groups is 1. The van der Waals surface area contributed by atoms with Crippen molar-refractivity contribution in [3.05, 3.63) is 59.7 Å². The molecule has 0 aromatic heterocycles. The van der Waals surface area contributed by atoms with E-state index in [0.29, 0.717) is 5.56 Å². The Morgan fingerprint density at radius 2 is 1.82 bits per heavy atom. The van der Waals surface area contributed by atoms with E-state index in [0.717, 1.165) is 11.8 Å². The van der Waals surface area contributed by atoms with Crippen LogP contribution >= 0.6 is 0 Å². The van der Waals surface area contributed by atoms with Crippen LogP contribution in [-0.4, -0.2) is 75.7 Å². The zero-order valence-electron chi connectivity index (χ0n) is 19.7. The molecule has 1 aliphatic heterocycles. The van der Waals surface area contributed by atoms with E-state index >= 15 is 0 Å². The molecule has 1 heterocycles. The van der Waals surface area contributed by atoms with Gasteiger partial charge in [-0.2, -0.15) is 4.31 Å². The van der Waals surface area contributed by atoms with Gasteiger partial charge in [0, 0.05) is 36.7 Å². The predicted octanol–water partition coefficient (Wildman–Crippen LogP) is 1.75. The molecule has 10 heteroatoms. The van der Waals surface area contributed by atoms with Gasteiger partial charge < -0.3 is 9.84 Å². The van der Waals surface area contributed by atoms with E-state index in [-0.39, 0.29) is 36.3 Å². The fourth-order valence-corrected chi connectivity index (χ4v) is 5.82. The maximum Gasteiger partial charge on any atom is 0.247 e. The van der Waals surface area contributed by atoms with Gasteiger partial charge in [0.1, 0.15) is 16.7 Å². The summed E-state index contributed by atoms with van der Waals surface area (Å²) in [7, 11) is -6.00. The van der Waals surface area contributed by atoms with Crippen molar-refractivity contribution in [2.75, 3.05) is 33.0 Å². The third-order valence-electron chi connectivity index (χ3n) is 5.80. The van der Waals surface area contributed by atoms with Gasteiger partial charge in [-0.05, 0) is 37.3 Å². The smallest absolute Gasteiger partial charge is 0.247 e. The van der Waals surface area contributed by atoms with Crippen LogP contribution in [0.25, 0.3) is 0 Å². The number of rotatable bonds is 5. The number of nitrogens with zero attached hydrogens (tertiary/aromatic N) is 2. The zero-order valence-corrected chi connectivity index (χ0v) is 21.3. The number of fused-ring (bicyclic) bond motifs is 1. The molecule has 0 radical (unpaired) electrons. The molecule has 1 aliphatic rings. The second kappa shape index (κ2) is 10.5. The van der Waals surface area contributed by atoms with E-state index in [1.165, 1.54) is 21.7 Å².